The first-order chi connectivity index (χ1) is 7.68. The Balaban J connectivity index is 1.91. The molecule has 1 atom stereocenters. The van der Waals surface area contributed by atoms with Crippen LogP contribution >= 0.6 is 0 Å². The van der Waals surface area contributed by atoms with Crippen LogP contribution in [-0.2, 0) is 16.0 Å². The monoisotopic (exact) mass is 219 g/mol. The van der Waals surface area contributed by atoms with Gasteiger partial charge in [0.25, 0.3) is 11.8 Å². The average Bonchev–Trinajstić information content (AvgIpc) is 2.86. The largest absolute Gasteiger partial charge is 0.469 e. The maximum Gasteiger partial charge on any atom is 0.253 e. The Kier molecular flexibility index (Phi) is 2.90. The van der Waals surface area contributed by atoms with Gasteiger partial charge in [-0.05, 0) is 25.5 Å². The molecule has 1 aromatic heterocycles. The lowest BCUT2D eigenvalue weighted by molar-refractivity contribution is -0.139. The third kappa shape index (κ3) is 2.05. The molecular formula is C12H13NO3. The molecule has 1 aliphatic heterocycles. The first-order valence-corrected chi connectivity index (χ1v) is 5.26. The van der Waals surface area contributed by atoms with E-state index >= 15 is 0 Å². The highest BCUT2D eigenvalue weighted by Gasteiger charge is 2.27. The molecule has 0 N–H and O–H groups in total. The summed E-state index contributed by atoms with van der Waals surface area (Å²) < 4.78 is 5.20. The summed E-state index contributed by atoms with van der Waals surface area (Å²) in [4.78, 5) is 24.0. The molecule has 1 aromatic rings. The van der Waals surface area contributed by atoms with Gasteiger partial charge in [-0.2, -0.15) is 0 Å². The molecule has 0 aromatic carbocycles. The number of nitrogens with zero attached hydrogens (tertiary/aromatic N) is 1. The third-order valence-corrected chi connectivity index (χ3v) is 2.67. The molecule has 16 heavy (non-hydrogen) atoms. The summed E-state index contributed by atoms with van der Waals surface area (Å²) in [6.45, 7) is 1.87. The van der Waals surface area contributed by atoms with Crippen LogP contribution in [0.1, 0.15) is 19.1 Å². The summed E-state index contributed by atoms with van der Waals surface area (Å²) in [6.07, 6.45) is 5.68. The summed E-state index contributed by atoms with van der Waals surface area (Å²) in [5.74, 6) is 0.424. The van der Waals surface area contributed by atoms with Crippen LogP contribution in [0.2, 0.25) is 0 Å². The lowest BCUT2D eigenvalue weighted by Crippen LogP contribution is -2.38. The molecule has 2 rings (SSSR count). The summed E-state index contributed by atoms with van der Waals surface area (Å²) in [5, 5.41) is 0. The van der Waals surface area contributed by atoms with Crippen molar-refractivity contribution in [2.45, 2.75) is 25.8 Å². The van der Waals surface area contributed by atoms with Gasteiger partial charge in [-0.25, -0.2) is 0 Å². The van der Waals surface area contributed by atoms with Crippen LogP contribution in [0.5, 0.6) is 0 Å². The van der Waals surface area contributed by atoms with Crippen LogP contribution in [-0.4, -0.2) is 22.8 Å². The molecule has 4 heteroatoms. The fourth-order valence-electron chi connectivity index (χ4n) is 1.78. The Bertz CT molecular complexity index is 401. The molecule has 0 spiro atoms. The highest BCUT2D eigenvalue weighted by atomic mass is 16.3. The molecule has 0 bridgehead atoms. The topological polar surface area (TPSA) is 50.5 Å². The molecule has 2 amide bonds. The van der Waals surface area contributed by atoms with Gasteiger partial charge < -0.3 is 4.42 Å². The Morgan fingerprint density at radius 2 is 2.00 bits per heavy atom. The number of rotatable bonds is 4. The van der Waals surface area contributed by atoms with Crippen LogP contribution in [0.4, 0.5) is 0 Å². The highest BCUT2D eigenvalue weighted by molar-refractivity contribution is 6.13. The van der Waals surface area contributed by atoms with E-state index in [0.717, 1.165) is 12.2 Å². The second-order valence-electron chi connectivity index (χ2n) is 3.85. The first-order valence-electron chi connectivity index (χ1n) is 5.26. The van der Waals surface area contributed by atoms with E-state index in [9.17, 15) is 9.59 Å². The molecule has 2 heterocycles. The van der Waals surface area contributed by atoms with E-state index in [-0.39, 0.29) is 17.9 Å². The summed E-state index contributed by atoms with van der Waals surface area (Å²) >= 11 is 0. The predicted octanol–water partition coefficient (Wildman–Crippen LogP) is 1.53. The number of carbonyl (C=O) groups excluding carboxylic acids is 2. The van der Waals surface area contributed by atoms with Crippen molar-refractivity contribution in [2.24, 2.45) is 0 Å². The molecule has 1 unspecified atom stereocenters. The van der Waals surface area contributed by atoms with Gasteiger partial charge in [0.2, 0.25) is 0 Å². The maximum absolute atomic E-state index is 11.4. The number of aryl methyl sites for hydroxylation is 1. The van der Waals surface area contributed by atoms with Gasteiger partial charge in [-0.1, -0.05) is 0 Å². The molecule has 0 radical (unpaired) electrons. The first kappa shape index (κ1) is 10.7. The van der Waals surface area contributed by atoms with Crippen molar-refractivity contribution in [1.82, 2.24) is 4.90 Å². The fourth-order valence-corrected chi connectivity index (χ4v) is 1.78. The smallest absolute Gasteiger partial charge is 0.253 e. The lowest BCUT2D eigenvalue weighted by Gasteiger charge is -2.21. The van der Waals surface area contributed by atoms with Gasteiger partial charge in [0, 0.05) is 24.6 Å². The van der Waals surface area contributed by atoms with Crippen molar-refractivity contribution in [3.8, 4) is 0 Å². The zero-order chi connectivity index (χ0) is 11.5. The van der Waals surface area contributed by atoms with Gasteiger partial charge in [0.15, 0.2) is 0 Å². The maximum atomic E-state index is 11.4. The van der Waals surface area contributed by atoms with Crippen LogP contribution < -0.4 is 0 Å². The minimum atomic E-state index is -0.225. The molecular weight excluding hydrogens is 206 g/mol. The summed E-state index contributed by atoms with van der Waals surface area (Å²) in [5.41, 5.74) is 0. The van der Waals surface area contributed by atoms with Crippen molar-refractivity contribution in [1.29, 1.82) is 0 Å². The van der Waals surface area contributed by atoms with Crippen LogP contribution in [0.15, 0.2) is 35.0 Å². The SMILES string of the molecule is CC(CCc1ccco1)N1C(=O)C=CC1=O. The van der Waals surface area contributed by atoms with Crippen LogP contribution in [0.3, 0.4) is 0 Å². The van der Waals surface area contributed by atoms with E-state index < -0.39 is 0 Å². The van der Waals surface area contributed by atoms with E-state index in [1.807, 2.05) is 19.1 Å². The van der Waals surface area contributed by atoms with Crippen molar-refractivity contribution in [3.05, 3.63) is 36.3 Å². The summed E-state index contributed by atoms with van der Waals surface area (Å²) in [7, 11) is 0. The van der Waals surface area contributed by atoms with Gasteiger partial charge in [0.1, 0.15) is 5.76 Å². The molecule has 0 fully saturated rings. The molecule has 0 aliphatic carbocycles. The number of imide groups is 1. The number of hydrogen-bond donors (Lipinski definition) is 0. The van der Waals surface area contributed by atoms with Crippen molar-refractivity contribution < 1.29 is 14.0 Å². The van der Waals surface area contributed by atoms with Gasteiger partial charge in [-0.3, -0.25) is 14.5 Å². The number of amides is 2. The van der Waals surface area contributed by atoms with E-state index in [1.54, 1.807) is 6.26 Å². The Hall–Kier alpha value is -1.84. The quantitative estimate of drug-likeness (QED) is 0.721. The standard InChI is InChI=1S/C12H13NO3/c1-9(4-5-10-3-2-8-16-10)13-11(14)6-7-12(13)15/h2-3,6-9H,4-5H2,1H3. The second-order valence-corrected chi connectivity index (χ2v) is 3.85. The Morgan fingerprint density at radius 3 is 2.56 bits per heavy atom. The molecule has 4 nitrogen and oxygen atoms in total. The lowest BCUT2D eigenvalue weighted by atomic mass is 10.1. The van der Waals surface area contributed by atoms with Crippen LogP contribution in [0, 0.1) is 0 Å². The van der Waals surface area contributed by atoms with Gasteiger partial charge in [0.05, 0.1) is 6.26 Å². The third-order valence-electron chi connectivity index (χ3n) is 2.67. The van der Waals surface area contributed by atoms with E-state index in [4.69, 9.17) is 4.42 Å². The van der Waals surface area contributed by atoms with E-state index in [2.05, 4.69) is 0 Å². The minimum Gasteiger partial charge on any atom is -0.469 e. The van der Waals surface area contributed by atoms with Crippen molar-refractivity contribution in [3.63, 3.8) is 0 Å². The number of furan rings is 1. The molecule has 1 aliphatic rings. The number of hydrogen-bond acceptors (Lipinski definition) is 3. The summed E-state index contributed by atoms with van der Waals surface area (Å²) in [6, 6.07) is 3.62. The Morgan fingerprint density at radius 1 is 1.31 bits per heavy atom. The Labute approximate surface area is 93.5 Å². The van der Waals surface area contributed by atoms with E-state index in [1.165, 1.54) is 17.1 Å². The number of carbonyl (C=O) groups is 2. The van der Waals surface area contributed by atoms with Gasteiger partial charge >= 0.3 is 0 Å². The van der Waals surface area contributed by atoms with Crippen molar-refractivity contribution in [2.75, 3.05) is 0 Å². The van der Waals surface area contributed by atoms with E-state index in [0.29, 0.717) is 6.42 Å². The minimum absolute atomic E-state index is 0.0971. The zero-order valence-electron chi connectivity index (χ0n) is 9.05. The molecule has 0 saturated heterocycles. The fraction of sp³-hybridized carbons (Fsp3) is 0.333. The molecule has 84 valence electrons. The van der Waals surface area contributed by atoms with Gasteiger partial charge in [-0.15, -0.1) is 0 Å². The van der Waals surface area contributed by atoms with Crippen molar-refractivity contribution >= 4 is 11.8 Å². The zero-order valence-corrected chi connectivity index (χ0v) is 9.05. The average molecular weight is 219 g/mol. The predicted molar refractivity (Wildman–Crippen MR) is 57.5 cm³/mol. The normalized spacial score (nSPS) is 17.2. The highest BCUT2D eigenvalue weighted by Crippen LogP contribution is 2.14. The second kappa shape index (κ2) is 4.35. The van der Waals surface area contributed by atoms with Crippen LogP contribution in [0.25, 0.3) is 0 Å². The molecule has 0 saturated carbocycles.